The Kier molecular flexibility index (Phi) is 3.65. The maximum absolute atomic E-state index is 11.6. The number of ether oxygens (including phenoxy) is 2. The van der Waals surface area contributed by atoms with Gasteiger partial charge in [-0.2, -0.15) is 8.42 Å². The van der Waals surface area contributed by atoms with Gasteiger partial charge in [-0.15, -0.1) is 0 Å². The molecule has 1 heterocycles. The molecule has 0 bridgehead atoms. The van der Waals surface area contributed by atoms with E-state index < -0.39 is 21.8 Å². The molecule has 98 valence electrons. The third-order valence-corrected chi connectivity index (χ3v) is 3.08. The topological polar surface area (TPSA) is 93.2 Å². The van der Waals surface area contributed by atoms with Crippen molar-refractivity contribution in [1.29, 1.82) is 0 Å². The molecule has 1 aliphatic heterocycles. The van der Waals surface area contributed by atoms with E-state index in [4.69, 9.17) is 14.0 Å². The lowest BCUT2D eigenvalue weighted by atomic mass is 10.1. The Morgan fingerprint density at radius 2 is 2.22 bits per heavy atom. The zero-order valence-corrected chi connectivity index (χ0v) is 10.2. The Morgan fingerprint density at radius 1 is 1.50 bits per heavy atom. The van der Waals surface area contributed by atoms with Crippen molar-refractivity contribution < 1.29 is 27.2 Å². The summed E-state index contributed by atoms with van der Waals surface area (Å²) in [6.45, 7) is 0.267. The van der Waals surface area contributed by atoms with Crippen molar-refractivity contribution in [3.8, 4) is 0 Å². The van der Waals surface area contributed by atoms with Crippen LogP contribution >= 0.6 is 0 Å². The normalized spacial score (nSPS) is 18.4. The van der Waals surface area contributed by atoms with E-state index in [0.29, 0.717) is 12.2 Å². The van der Waals surface area contributed by atoms with Crippen LogP contribution in [0, 0.1) is 0 Å². The number of esters is 1. The first-order chi connectivity index (χ1) is 8.46. The zero-order valence-electron chi connectivity index (χ0n) is 9.40. The molecule has 1 atom stereocenters. The van der Waals surface area contributed by atoms with Crippen LogP contribution in [-0.4, -0.2) is 37.9 Å². The Hall–Kier alpha value is -1.44. The van der Waals surface area contributed by atoms with Gasteiger partial charge >= 0.3 is 5.97 Å². The first-order valence-corrected chi connectivity index (χ1v) is 6.90. The van der Waals surface area contributed by atoms with Crippen molar-refractivity contribution in [3.63, 3.8) is 0 Å². The number of hydrogen-bond acceptors (Lipinski definition) is 5. The van der Waals surface area contributed by atoms with E-state index in [1.165, 1.54) is 0 Å². The highest BCUT2D eigenvalue weighted by Gasteiger charge is 2.25. The number of carbonyl (C=O) groups is 1. The predicted molar refractivity (Wildman–Crippen MR) is 61.8 cm³/mol. The molecular formula is C11H12O6S. The Bertz CT molecular complexity index is 546. The minimum absolute atomic E-state index is 0.0376. The Balaban J connectivity index is 1.94. The second-order valence-corrected chi connectivity index (χ2v) is 5.44. The Labute approximate surface area is 104 Å². The summed E-state index contributed by atoms with van der Waals surface area (Å²) in [5.41, 5.74) is 1.22. The molecule has 0 saturated carbocycles. The molecule has 1 aliphatic rings. The monoisotopic (exact) mass is 272 g/mol. The predicted octanol–water partition coefficient (Wildman–Crippen LogP) is 0.802. The van der Waals surface area contributed by atoms with Crippen molar-refractivity contribution in [2.45, 2.75) is 6.10 Å². The number of epoxide rings is 1. The number of benzene rings is 1. The fourth-order valence-corrected chi connectivity index (χ4v) is 1.72. The molecule has 1 saturated heterocycles. The van der Waals surface area contributed by atoms with Crippen LogP contribution in [0.25, 0.3) is 0 Å². The zero-order chi connectivity index (χ0) is 13.2. The smallest absolute Gasteiger partial charge is 0.338 e. The molecule has 1 aromatic carbocycles. The van der Waals surface area contributed by atoms with Gasteiger partial charge < -0.3 is 9.47 Å². The summed E-state index contributed by atoms with van der Waals surface area (Å²) in [5.74, 6) is -1.23. The lowest BCUT2D eigenvalue weighted by Crippen LogP contribution is -2.14. The van der Waals surface area contributed by atoms with E-state index >= 15 is 0 Å². The summed E-state index contributed by atoms with van der Waals surface area (Å²) in [7, 11) is -4.11. The van der Waals surface area contributed by atoms with E-state index in [1.54, 1.807) is 18.2 Å². The van der Waals surface area contributed by atoms with E-state index in [1.807, 2.05) is 6.07 Å². The molecule has 6 nitrogen and oxygen atoms in total. The summed E-state index contributed by atoms with van der Waals surface area (Å²) >= 11 is 0. The van der Waals surface area contributed by atoms with E-state index in [-0.39, 0.29) is 12.7 Å². The summed E-state index contributed by atoms with van der Waals surface area (Å²) < 4.78 is 39.2. The van der Waals surface area contributed by atoms with Gasteiger partial charge in [0.25, 0.3) is 10.1 Å². The van der Waals surface area contributed by atoms with Crippen LogP contribution in [0.3, 0.4) is 0 Å². The summed E-state index contributed by atoms with van der Waals surface area (Å²) in [5, 5.41) is 0. The molecule has 1 N–H and O–H groups in total. The van der Waals surface area contributed by atoms with Crippen LogP contribution in [0.4, 0.5) is 0 Å². The fraction of sp³-hybridized carbons (Fsp3) is 0.364. The van der Waals surface area contributed by atoms with Crippen LogP contribution < -0.4 is 0 Å². The van der Waals surface area contributed by atoms with Gasteiger partial charge in [-0.25, -0.2) is 4.79 Å². The van der Waals surface area contributed by atoms with Crippen molar-refractivity contribution in [2.24, 2.45) is 0 Å². The standard InChI is InChI=1S/C11H12O6S/c12-11(16-4-5-18(13,14)15)9-3-1-2-8(6-9)10-7-17-10/h1-3,6,10H,4-5,7H2,(H,13,14,15). The van der Waals surface area contributed by atoms with Crippen LogP contribution in [0.2, 0.25) is 0 Å². The number of rotatable bonds is 5. The molecule has 18 heavy (non-hydrogen) atoms. The second-order valence-electron chi connectivity index (χ2n) is 3.87. The van der Waals surface area contributed by atoms with Crippen LogP contribution in [0.1, 0.15) is 22.0 Å². The minimum atomic E-state index is -4.11. The van der Waals surface area contributed by atoms with Gasteiger partial charge in [0, 0.05) is 0 Å². The summed E-state index contributed by atoms with van der Waals surface area (Å²) in [6.07, 6.45) is 0.0376. The van der Waals surface area contributed by atoms with E-state index in [9.17, 15) is 13.2 Å². The molecule has 1 fully saturated rings. The van der Waals surface area contributed by atoms with Gasteiger partial charge in [0.2, 0.25) is 0 Å². The fourth-order valence-electron chi connectivity index (χ4n) is 1.43. The van der Waals surface area contributed by atoms with Crippen LogP contribution in [0.15, 0.2) is 24.3 Å². The van der Waals surface area contributed by atoms with Gasteiger partial charge in [0.1, 0.15) is 18.5 Å². The van der Waals surface area contributed by atoms with Gasteiger partial charge in [-0.3, -0.25) is 4.55 Å². The molecule has 1 unspecified atom stereocenters. The van der Waals surface area contributed by atoms with Gasteiger partial charge in [0.05, 0.1) is 12.2 Å². The van der Waals surface area contributed by atoms with Gasteiger partial charge in [0.15, 0.2) is 0 Å². The van der Waals surface area contributed by atoms with E-state index in [0.717, 1.165) is 5.56 Å². The highest BCUT2D eigenvalue weighted by atomic mass is 32.2. The lowest BCUT2D eigenvalue weighted by Gasteiger charge is -2.04. The number of hydrogen-bond donors (Lipinski definition) is 1. The maximum Gasteiger partial charge on any atom is 0.338 e. The van der Waals surface area contributed by atoms with Crippen molar-refractivity contribution in [2.75, 3.05) is 19.0 Å². The Morgan fingerprint density at radius 3 is 2.83 bits per heavy atom. The highest BCUT2D eigenvalue weighted by molar-refractivity contribution is 7.85. The lowest BCUT2D eigenvalue weighted by molar-refractivity contribution is 0.0528. The largest absolute Gasteiger partial charge is 0.461 e. The first-order valence-electron chi connectivity index (χ1n) is 5.29. The summed E-state index contributed by atoms with van der Waals surface area (Å²) in [6, 6.07) is 6.76. The van der Waals surface area contributed by atoms with Crippen molar-refractivity contribution >= 4 is 16.1 Å². The van der Waals surface area contributed by atoms with Gasteiger partial charge in [-0.05, 0) is 17.7 Å². The molecule has 0 aromatic heterocycles. The van der Waals surface area contributed by atoms with Crippen LogP contribution in [-0.2, 0) is 19.6 Å². The average molecular weight is 272 g/mol. The molecule has 0 radical (unpaired) electrons. The quantitative estimate of drug-likeness (QED) is 0.484. The summed E-state index contributed by atoms with van der Waals surface area (Å²) in [4.78, 5) is 11.6. The third kappa shape index (κ3) is 3.80. The molecule has 1 aromatic rings. The number of carbonyl (C=O) groups excluding carboxylic acids is 1. The van der Waals surface area contributed by atoms with Crippen LogP contribution in [0.5, 0.6) is 0 Å². The first kappa shape index (κ1) is 13.0. The van der Waals surface area contributed by atoms with Crippen molar-refractivity contribution in [3.05, 3.63) is 35.4 Å². The second kappa shape index (κ2) is 5.05. The maximum atomic E-state index is 11.6. The average Bonchev–Trinajstić information content (AvgIpc) is 3.11. The molecule has 0 spiro atoms. The van der Waals surface area contributed by atoms with E-state index in [2.05, 4.69) is 0 Å². The highest BCUT2D eigenvalue weighted by Crippen LogP contribution is 2.29. The molecule has 0 aliphatic carbocycles. The molecule has 2 rings (SSSR count). The molecule has 7 heteroatoms. The van der Waals surface area contributed by atoms with Crippen molar-refractivity contribution in [1.82, 2.24) is 0 Å². The molecular weight excluding hydrogens is 260 g/mol. The SMILES string of the molecule is O=C(OCCS(=O)(=O)O)c1cccc(C2CO2)c1. The minimum Gasteiger partial charge on any atom is -0.461 e. The molecule has 0 amide bonds. The third-order valence-electron chi connectivity index (χ3n) is 2.40. The van der Waals surface area contributed by atoms with Gasteiger partial charge in [-0.1, -0.05) is 12.1 Å².